The minimum absolute atomic E-state index is 0.208. The molecular formula is C18H20N8O. The van der Waals surface area contributed by atoms with E-state index >= 15 is 0 Å². The minimum atomic E-state index is -0.208. The van der Waals surface area contributed by atoms with Gasteiger partial charge in [-0.15, -0.1) is 0 Å². The Morgan fingerprint density at radius 1 is 1.19 bits per heavy atom. The Bertz CT molecular complexity index is 1090. The van der Waals surface area contributed by atoms with E-state index in [0.717, 1.165) is 28.7 Å². The van der Waals surface area contributed by atoms with Crippen LogP contribution in [0.3, 0.4) is 0 Å². The molecule has 0 aliphatic rings. The molecule has 0 amide bonds. The average molecular weight is 364 g/mol. The Morgan fingerprint density at radius 2 is 1.96 bits per heavy atom. The van der Waals surface area contributed by atoms with Gasteiger partial charge in [-0.05, 0) is 26.0 Å². The number of hydrogen-bond acceptors (Lipinski definition) is 8. The Kier molecular flexibility index (Phi) is 4.27. The molecule has 4 aromatic rings. The molecule has 0 bridgehead atoms. The normalized spacial score (nSPS) is 12.4. The molecule has 0 aliphatic carbocycles. The van der Waals surface area contributed by atoms with E-state index in [-0.39, 0.29) is 6.04 Å². The fraction of sp³-hybridized carbons (Fsp3) is 0.333. The smallest absolute Gasteiger partial charge is 0.248 e. The molecule has 0 unspecified atom stereocenters. The standard InChI is InChI=1S/C18H20N8O/c1-5-13-21-18(27-25-13)11(3)20-16-14-10(2)24-26(4)17(14)23-15(22-16)12-6-8-19-9-7-12/h6-9,11H,5H2,1-4H3,(H,20,22,23)/t11-/m0/s1. The molecule has 0 fully saturated rings. The maximum absolute atomic E-state index is 5.36. The van der Waals surface area contributed by atoms with Crippen molar-refractivity contribution in [3.8, 4) is 11.4 Å². The number of aromatic nitrogens is 7. The summed E-state index contributed by atoms with van der Waals surface area (Å²) in [5.41, 5.74) is 2.49. The third kappa shape index (κ3) is 3.12. The van der Waals surface area contributed by atoms with Crippen molar-refractivity contribution in [3.63, 3.8) is 0 Å². The van der Waals surface area contributed by atoms with Gasteiger partial charge in [-0.2, -0.15) is 10.1 Å². The average Bonchev–Trinajstić information content (AvgIpc) is 3.27. The van der Waals surface area contributed by atoms with Gasteiger partial charge < -0.3 is 9.84 Å². The van der Waals surface area contributed by atoms with Crippen LogP contribution in [-0.4, -0.2) is 34.9 Å². The lowest BCUT2D eigenvalue weighted by Gasteiger charge is -2.13. The number of nitrogens with one attached hydrogen (secondary N) is 1. The highest BCUT2D eigenvalue weighted by molar-refractivity contribution is 5.91. The summed E-state index contributed by atoms with van der Waals surface area (Å²) in [6, 6.07) is 3.55. The van der Waals surface area contributed by atoms with Crippen molar-refractivity contribution >= 4 is 16.9 Å². The molecule has 27 heavy (non-hydrogen) atoms. The lowest BCUT2D eigenvalue weighted by molar-refractivity contribution is 0.363. The fourth-order valence-electron chi connectivity index (χ4n) is 2.93. The molecule has 0 saturated heterocycles. The van der Waals surface area contributed by atoms with Crippen LogP contribution in [0.15, 0.2) is 29.0 Å². The summed E-state index contributed by atoms with van der Waals surface area (Å²) in [5.74, 6) is 2.48. The molecule has 0 spiro atoms. The van der Waals surface area contributed by atoms with Gasteiger partial charge in [0.25, 0.3) is 0 Å². The van der Waals surface area contributed by atoms with Gasteiger partial charge in [0.05, 0.1) is 11.1 Å². The molecule has 1 atom stereocenters. The molecule has 4 rings (SSSR count). The molecular weight excluding hydrogens is 344 g/mol. The number of fused-ring (bicyclic) bond motifs is 1. The van der Waals surface area contributed by atoms with E-state index in [1.54, 1.807) is 17.1 Å². The lowest BCUT2D eigenvalue weighted by atomic mass is 10.2. The van der Waals surface area contributed by atoms with Crippen LogP contribution in [0.5, 0.6) is 0 Å². The second-order valence-corrected chi connectivity index (χ2v) is 6.31. The van der Waals surface area contributed by atoms with E-state index in [1.807, 2.05) is 40.0 Å². The third-order valence-electron chi connectivity index (χ3n) is 4.32. The largest absolute Gasteiger partial charge is 0.358 e. The zero-order chi connectivity index (χ0) is 19.0. The van der Waals surface area contributed by atoms with Crippen LogP contribution in [0.2, 0.25) is 0 Å². The molecule has 9 nitrogen and oxygen atoms in total. The molecule has 4 heterocycles. The first-order chi connectivity index (χ1) is 13.1. The van der Waals surface area contributed by atoms with Crippen LogP contribution in [-0.2, 0) is 13.5 Å². The summed E-state index contributed by atoms with van der Waals surface area (Å²) in [6.45, 7) is 5.88. The summed E-state index contributed by atoms with van der Waals surface area (Å²) >= 11 is 0. The second-order valence-electron chi connectivity index (χ2n) is 6.31. The van der Waals surface area contributed by atoms with Crippen molar-refractivity contribution in [2.24, 2.45) is 7.05 Å². The van der Waals surface area contributed by atoms with Crippen molar-refractivity contribution in [2.45, 2.75) is 33.2 Å². The van der Waals surface area contributed by atoms with Crippen LogP contribution >= 0.6 is 0 Å². The molecule has 0 radical (unpaired) electrons. The second kappa shape index (κ2) is 6.75. The number of pyridine rings is 1. The molecule has 0 aromatic carbocycles. The summed E-state index contributed by atoms with van der Waals surface area (Å²) in [4.78, 5) is 17.9. The highest BCUT2D eigenvalue weighted by Gasteiger charge is 2.20. The van der Waals surface area contributed by atoms with Crippen molar-refractivity contribution in [3.05, 3.63) is 41.9 Å². The van der Waals surface area contributed by atoms with Crippen LogP contribution in [0.25, 0.3) is 22.4 Å². The van der Waals surface area contributed by atoms with Crippen molar-refractivity contribution in [1.29, 1.82) is 0 Å². The predicted molar refractivity (Wildman–Crippen MR) is 100.0 cm³/mol. The van der Waals surface area contributed by atoms with Crippen LogP contribution in [0.4, 0.5) is 5.82 Å². The van der Waals surface area contributed by atoms with Crippen LogP contribution in [0.1, 0.15) is 37.3 Å². The molecule has 4 aromatic heterocycles. The van der Waals surface area contributed by atoms with Gasteiger partial charge in [0, 0.05) is 31.4 Å². The van der Waals surface area contributed by atoms with E-state index in [4.69, 9.17) is 14.5 Å². The van der Waals surface area contributed by atoms with Crippen molar-refractivity contribution in [2.75, 3.05) is 5.32 Å². The SMILES string of the molecule is CCc1noc([C@H](C)Nc2nc(-c3ccncc3)nc3c2c(C)nn3C)n1. The van der Waals surface area contributed by atoms with Crippen LogP contribution in [0, 0.1) is 6.92 Å². The van der Waals surface area contributed by atoms with Gasteiger partial charge in [-0.3, -0.25) is 9.67 Å². The first kappa shape index (κ1) is 17.1. The van der Waals surface area contributed by atoms with E-state index in [0.29, 0.717) is 23.4 Å². The Labute approximate surface area is 155 Å². The van der Waals surface area contributed by atoms with Gasteiger partial charge in [0.15, 0.2) is 17.3 Å². The maximum Gasteiger partial charge on any atom is 0.248 e. The van der Waals surface area contributed by atoms with E-state index < -0.39 is 0 Å². The number of rotatable bonds is 5. The van der Waals surface area contributed by atoms with Crippen LogP contribution < -0.4 is 5.32 Å². The Morgan fingerprint density at radius 3 is 2.67 bits per heavy atom. The fourth-order valence-corrected chi connectivity index (χ4v) is 2.93. The number of hydrogen-bond donors (Lipinski definition) is 1. The van der Waals surface area contributed by atoms with Crippen molar-refractivity contribution < 1.29 is 4.52 Å². The third-order valence-corrected chi connectivity index (χ3v) is 4.32. The summed E-state index contributed by atoms with van der Waals surface area (Å²) in [6.07, 6.45) is 4.16. The topological polar surface area (TPSA) is 107 Å². The van der Waals surface area contributed by atoms with Gasteiger partial charge in [-0.1, -0.05) is 12.1 Å². The number of nitrogens with zero attached hydrogens (tertiary/aromatic N) is 7. The van der Waals surface area contributed by atoms with E-state index in [2.05, 4.69) is 25.5 Å². The molecule has 138 valence electrons. The van der Waals surface area contributed by atoms with Gasteiger partial charge in [-0.25, -0.2) is 9.97 Å². The lowest BCUT2D eigenvalue weighted by Crippen LogP contribution is -2.10. The number of aryl methyl sites for hydroxylation is 3. The number of anilines is 1. The maximum atomic E-state index is 5.36. The van der Waals surface area contributed by atoms with E-state index in [1.165, 1.54) is 0 Å². The van der Waals surface area contributed by atoms with Crippen molar-refractivity contribution in [1.82, 2.24) is 34.9 Å². The molecule has 1 N–H and O–H groups in total. The highest BCUT2D eigenvalue weighted by Crippen LogP contribution is 2.29. The molecule has 0 saturated carbocycles. The molecule has 0 aliphatic heterocycles. The Hall–Kier alpha value is -3.36. The zero-order valence-electron chi connectivity index (χ0n) is 15.6. The van der Waals surface area contributed by atoms with Gasteiger partial charge >= 0.3 is 0 Å². The molecule has 9 heteroatoms. The van der Waals surface area contributed by atoms with Gasteiger partial charge in [0.1, 0.15) is 11.9 Å². The first-order valence-corrected chi connectivity index (χ1v) is 8.77. The minimum Gasteiger partial charge on any atom is -0.358 e. The quantitative estimate of drug-likeness (QED) is 0.576. The van der Waals surface area contributed by atoms with Gasteiger partial charge in [0.2, 0.25) is 5.89 Å². The Balaban J connectivity index is 1.80. The zero-order valence-corrected chi connectivity index (χ0v) is 15.6. The van der Waals surface area contributed by atoms with E-state index in [9.17, 15) is 0 Å². The summed E-state index contributed by atoms with van der Waals surface area (Å²) < 4.78 is 7.11. The monoisotopic (exact) mass is 364 g/mol. The first-order valence-electron chi connectivity index (χ1n) is 8.77. The summed E-state index contributed by atoms with van der Waals surface area (Å²) in [5, 5.41) is 12.7. The predicted octanol–water partition coefficient (Wildman–Crippen LogP) is 2.85. The highest BCUT2D eigenvalue weighted by atomic mass is 16.5. The summed E-state index contributed by atoms with van der Waals surface area (Å²) in [7, 11) is 1.87.